The number of fused-ring (bicyclic) bond motifs is 1. The number of benzene rings is 2. The summed E-state index contributed by atoms with van der Waals surface area (Å²) in [5, 5.41) is 6.21. The van der Waals surface area contributed by atoms with Gasteiger partial charge in [0.05, 0.1) is 13.1 Å². The number of hydrogen-bond donors (Lipinski definition) is 2. The summed E-state index contributed by atoms with van der Waals surface area (Å²) in [6.07, 6.45) is 0.890. The highest BCUT2D eigenvalue weighted by molar-refractivity contribution is 5.98. The van der Waals surface area contributed by atoms with Crippen molar-refractivity contribution in [3.8, 4) is 0 Å². The molecular weight excluding hydrogens is 331 g/mol. The average Bonchev–Trinajstić information content (AvgIpc) is 3.09. The van der Waals surface area contributed by atoms with Gasteiger partial charge in [0, 0.05) is 18.8 Å². The van der Waals surface area contributed by atoms with Crippen LogP contribution in [0.2, 0.25) is 0 Å². The van der Waals surface area contributed by atoms with Crippen LogP contribution in [0.1, 0.15) is 18.1 Å². The standard InChI is InChI=1S/C20H23FN4O/c1-2-22-20(23-13-15-7-9-17(21)10-8-15)24-14-19(26)25-12-11-16-5-3-4-6-18(16)25/h3-10H,2,11-14H2,1H3,(H2,22,23,24). The third kappa shape index (κ3) is 4.39. The Hall–Kier alpha value is -2.89. The summed E-state index contributed by atoms with van der Waals surface area (Å²) in [7, 11) is 0. The van der Waals surface area contributed by atoms with Crippen molar-refractivity contribution >= 4 is 17.6 Å². The average molecular weight is 354 g/mol. The molecule has 0 atom stereocenters. The molecule has 2 aromatic carbocycles. The molecular formula is C20H23FN4O. The highest BCUT2D eigenvalue weighted by atomic mass is 19.1. The van der Waals surface area contributed by atoms with Crippen LogP contribution in [-0.4, -0.2) is 31.5 Å². The van der Waals surface area contributed by atoms with E-state index in [4.69, 9.17) is 0 Å². The van der Waals surface area contributed by atoms with Crippen molar-refractivity contribution in [3.05, 3.63) is 65.5 Å². The Balaban J connectivity index is 1.59. The molecule has 2 aromatic rings. The number of nitrogens with zero attached hydrogens (tertiary/aromatic N) is 2. The number of nitrogens with one attached hydrogen (secondary N) is 2. The van der Waals surface area contributed by atoms with E-state index in [-0.39, 0.29) is 18.3 Å². The molecule has 0 spiro atoms. The molecule has 26 heavy (non-hydrogen) atoms. The lowest BCUT2D eigenvalue weighted by molar-refractivity contribution is -0.117. The van der Waals surface area contributed by atoms with E-state index in [1.54, 1.807) is 12.1 Å². The topological polar surface area (TPSA) is 56.7 Å². The van der Waals surface area contributed by atoms with Crippen LogP contribution in [-0.2, 0) is 17.8 Å². The largest absolute Gasteiger partial charge is 0.357 e. The van der Waals surface area contributed by atoms with E-state index in [1.807, 2.05) is 30.0 Å². The normalized spacial score (nSPS) is 13.5. The fourth-order valence-corrected chi connectivity index (χ4v) is 2.95. The lowest BCUT2D eigenvalue weighted by Crippen LogP contribution is -2.44. The van der Waals surface area contributed by atoms with Crippen molar-refractivity contribution in [1.29, 1.82) is 0 Å². The van der Waals surface area contributed by atoms with Crippen molar-refractivity contribution in [2.45, 2.75) is 19.9 Å². The molecule has 136 valence electrons. The van der Waals surface area contributed by atoms with E-state index >= 15 is 0 Å². The third-order valence-corrected chi connectivity index (χ3v) is 4.27. The van der Waals surface area contributed by atoms with Crippen LogP contribution in [0.3, 0.4) is 0 Å². The van der Waals surface area contributed by atoms with E-state index < -0.39 is 0 Å². The quantitative estimate of drug-likeness (QED) is 0.641. The van der Waals surface area contributed by atoms with Gasteiger partial charge in [-0.05, 0) is 42.7 Å². The Morgan fingerprint density at radius 2 is 1.92 bits per heavy atom. The van der Waals surface area contributed by atoms with Gasteiger partial charge in [0.1, 0.15) is 5.82 Å². The summed E-state index contributed by atoms with van der Waals surface area (Å²) in [4.78, 5) is 18.8. The Labute approximate surface area is 152 Å². The van der Waals surface area contributed by atoms with Crippen molar-refractivity contribution in [2.75, 3.05) is 24.5 Å². The molecule has 0 aliphatic carbocycles. The first-order valence-corrected chi connectivity index (χ1v) is 8.82. The van der Waals surface area contributed by atoms with E-state index in [9.17, 15) is 9.18 Å². The van der Waals surface area contributed by atoms with Crippen molar-refractivity contribution < 1.29 is 9.18 Å². The predicted octanol–water partition coefficient (Wildman–Crippen LogP) is 2.47. The van der Waals surface area contributed by atoms with Crippen LogP contribution in [0.15, 0.2) is 53.5 Å². The van der Waals surface area contributed by atoms with Gasteiger partial charge in [-0.2, -0.15) is 0 Å². The summed E-state index contributed by atoms with van der Waals surface area (Å²) in [6, 6.07) is 14.2. The van der Waals surface area contributed by atoms with Gasteiger partial charge in [-0.25, -0.2) is 9.38 Å². The number of para-hydroxylation sites is 1. The minimum absolute atomic E-state index is 0.0161. The number of halogens is 1. The van der Waals surface area contributed by atoms with Crippen LogP contribution in [0.25, 0.3) is 0 Å². The van der Waals surface area contributed by atoms with Gasteiger partial charge in [0.2, 0.25) is 5.91 Å². The monoisotopic (exact) mass is 354 g/mol. The van der Waals surface area contributed by atoms with Crippen LogP contribution in [0.4, 0.5) is 10.1 Å². The second-order valence-electron chi connectivity index (χ2n) is 6.10. The van der Waals surface area contributed by atoms with E-state index in [2.05, 4.69) is 21.7 Å². The third-order valence-electron chi connectivity index (χ3n) is 4.27. The van der Waals surface area contributed by atoms with Crippen LogP contribution >= 0.6 is 0 Å². The molecule has 0 bridgehead atoms. The minimum Gasteiger partial charge on any atom is -0.357 e. The Bertz CT molecular complexity index is 789. The van der Waals surface area contributed by atoms with Crippen LogP contribution < -0.4 is 15.5 Å². The number of carbonyl (C=O) groups is 1. The van der Waals surface area contributed by atoms with Gasteiger partial charge in [0.15, 0.2) is 5.96 Å². The summed E-state index contributed by atoms with van der Waals surface area (Å²) < 4.78 is 13.0. The zero-order valence-corrected chi connectivity index (χ0v) is 14.8. The molecule has 1 aliphatic heterocycles. The highest BCUT2D eigenvalue weighted by Crippen LogP contribution is 2.27. The molecule has 2 N–H and O–H groups in total. The fourth-order valence-electron chi connectivity index (χ4n) is 2.95. The SMILES string of the molecule is CCNC(=NCc1ccc(F)cc1)NCC(=O)N1CCc2ccccc21. The zero-order valence-electron chi connectivity index (χ0n) is 14.8. The molecule has 0 radical (unpaired) electrons. The maximum Gasteiger partial charge on any atom is 0.246 e. The number of guanidine groups is 1. The van der Waals surface area contributed by atoms with Gasteiger partial charge in [-0.3, -0.25) is 4.79 Å². The van der Waals surface area contributed by atoms with Gasteiger partial charge in [0.25, 0.3) is 0 Å². The summed E-state index contributed by atoms with van der Waals surface area (Å²) >= 11 is 0. The first kappa shape index (κ1) is 17.9. The number of rotatable bonds is 5. The van der Waals surface area contributed by atoms with Crippen LogP contribution in [0.5, 0.6) is 0 Å². The summed E-state index contributed by atoms with van der Waals surface area (Å²) in [5.41, 5.74) is 3.11. The molecule has 6 heteroatoms. The van der Waals surface area contributed by atoms with Gasteiger partial charge in [-0.1, -0.05) is 30.3 Å². The molecule has 0 aromatic heterocycles. The molecule has 3 rings (SSSR count). The Kier molecular flexibility index (Phi) is 5.84. The van der Waals surface area contributed by atoms with Gasteiger partial charge in [-0.15, -0.1) is 0 Å². The minimum atomic E-state index is -0.265. The number of carbonyl (C=O) groups excluding carboxylic acids is 1. The number of amides is 1. The Morgan fingerprint density at radius 3 is 2.69 bits per heavy atom. The number of hydrogen-bond acceptors (Lipinski definition) is 2. The van der Waals surface area contributed by atoms with Gasteiger partial charge >= 0.3 is 0 Å². The predicted molar refractivity (Wildman–Crippen MR) is 102 cm³/mol. The number of anilines is 1. The van der Waals surface area contributed by atoms with E-state index in [1.165, 1.54) is 17.7 Å². The first-order chi connectivity index (χ1) is 12.7. The lowest BCUT2D eigenvalue weighted by atomic mass is 10.2. The fraction of sp³-hybridized carbons (Fsp3) is 0.300. The molecule has 1 amide bonds. The molecule has 0 saturated heterocycles. The van der Waals surface area contributed by atoms with Crippen molar-refractivity contribution in [1.82, 2.24) is 10.6 Å². The second-order valence-corrected chi connectivity index (χ2v) is 6.10. The maximum absolute atomic E-state index is 13.0. The molecule has 0 unspecified atom stereocenters. The molecule has 0 fully saturated rings. The highest BCUT2D eigenvalue weighted by Gasteiger charge is 2.23. The molecule has 1 aliphatic rings. The van der Waals surface area contributed by atoms with E-state index in [0.29, 0.717) is 25.6 Å². The molecule has 1 heterocycles. The number of aliphatic imine (C=N–C) groups is 1. The molecule has 5 nitrogen and oxygen atoms in total. The van der Waals surface area contributed by atoms with Crippen molar-refractivity contribution in [3.63, 3.8) is 0 Å². The lowest BCUT2D eigenvalue weighted by Gasteiger charge is -2.18. The zero-order chi connectivity index (χ0) is 18.4. The Morgan fingerprint density at radius 1 is 1.15 bits per heavy atom. The maximum atomic E-state index is 13.0. The second kappa shape index (κ2) is 8.47. The summed E-state index contributed by atoms with van der Waals surface area (Å²) in [5.74, 6) is 0.319. The summed E-state index contributed by atoms with van der Waals surface area (Å²) in [6.45, 7) is 3.95. The molecule has 0 saturated carbocycles. The van der Waals surface area contributed by atoms with E-state index in [0.717, 1.165) is 17.7 Å². The van der Waals surface area contributed by atoms with Crippen molar-refractivity contribution in [2.24, 2.45) is 4.99 Å². The smallest absolute Gasteiger partial charge is 0.246 e. The van der Waals surface area contributed by atoms with Crippen LogP contribution in [0, 0.1) is 5.82 Å². The van der Waals surface area contributed by atoms with Gasteiger partial charge < -0.3 is 15.5 Å². The first-order valence-electron chi connectivity index (χ1n) is 8.82.